The molecule has 0 spiro atoms. The molecule has 1 fully saturated rings. The first kappa shape index (κ1) is 25.8. The van der Waals surface area contributed by atoms with Crippen molar-refractivity contribution in [3.63, 3.8) is 0 Å². The van der Waals surface area contributed by atoms with Crippen LogP contribution in [0.3, 0.4) is 0 Å². The standard InChI is InChI=1S/C26H31BrN2O5/c1-6-28(7-2)12-13-29-23(17-9-11-20(33-4)21(15-17)34-5)22(25(31)26(29)32)24(30)18-8-10-19(27)16(3)14-18/h8-11,14-15,23,30H,6-7,12-13H2,1-5H3/b24-22-. The molecule has 1 N–H and O–H groups in total. The Bertz CT molecular complexity index is 1110. The number of ether oxygens (including phenoxy) is 2. The van der Waals surface area contributed by atoms with Crippen molar-refractivity contribution in [2.24, 2.45) is 0 Å². The van der Waals surface area contributed by atoms with E-state index in [4.69, 9.17) is 9.47 Å². The zero-order valence-corrected chi connectivity index (χ0v) is 21.8. The zero-order chi connectivity index (χ0) is 25.0. The fourth-order valence-corrected chi connectivity index (χ4v) is 4.46. The molecule has 182 valence electrons. The van der Waals surface area contributed by atoms with Gasteiger partial charge in [-0.15, -0.1) is 0 Å². The second kappa shape index (κ2) is 11.1. The number of aliphatic hydroxyl groups excluding tert-OH is 1. The minimum absolute atomic E-state index is 0.0680. The number of rotatable bonds is 9. The molecule has 1 unspecified atom stereocenters. The first-order chi connectivity index (χ1) is 16.3. The van der Waals surface area contributed by atoms with Crippen LogP contribution < -0.4 is 9.47 Å². The molecule has 1 aliphatic rings. The van der Waals surface area contributed by atoms with E-state index in [0.717, 1.165) is 23.1 Å². The van der Waals surface area contributed by atoms with Crippen LogP contribution in [0.25, 0.3) is 5.76 Å². The summed E-state index contributed by atoms with van der Waals surface area (Å²) >= 11 is 3.46. The van der Waals surface area contributed by atoms with Gasteiger partial charge in [-0.1, -0.05) is 41.9 Å². The van der Waals surface area contributed by atoms with Crippen LogP contribution in [0.2, 0.25) is 0 Å². The number of halogens is 1. The summed E-state index contributed by atoms with van der Waals surface area (Å²) in [5.74, 6) is -0.498. The minimum Gasteiger partial charge on any atom is -0.507 e. The molecular formula is C26H31BrN2O5. The number of carbonyl (C=O) groups excluding carboxylic acids is 2. The maximum Gasteiger partial charge on any atom is 0.295 e. The van der Waals surface area contributed by atoms with Gasteiger partial charge in [0.05, 0.1) is 25.8 Å². The van der Waals surface area contributed by atoms with E-state index in [2.05, 4.69) is 34.7 Å². The second-order valence-electron chi connectivity index (χ2n) is 8.10. The number of amides is 1. The van der Waals surface area contributed by atoms with E-state index in [0.29, 0.717) is 35.7 Å². The van der Waals surface area contributed by atoms with Crippen molar-refractivity contribution in [3.05, 3.63) is 63.1 Å². The van der Waals surface area contributed by atoms with Crippen molar-refractivity contribution in [2.75, 3.05) is 40.4 Å². The van der Waals surface area contributed by atoms with E-state index in [1.165, 1.54) is 7.11 Å². The number of hydrogen-bond acceptors (Lipinski definition) is 6. The number of nitrogens with zero attached hydrogens (tertiary/aromatic N) is 2. The molecule has 1 amide bonds. The predicted octanol–water partition coefficient (Wildman–Crippen LogP) is 4.54. The summed E-state index contributed by atoms with van der Waals surface area (Å²) in [6.45, 7) is 8.63. The molecule has 3 rings (SSSR count). The number of ketones is 1. The number of aliphatic hydroxyl groups is 1. The summed E-state index contributed by atoms with van der Waals surface area (Å²) in [6.07, 6.45) is 0. The molecule has 8 heteroatoms. The SMILES string of the molecule is CCN(CC)CCN1C(=O)C(=O)/C(=C(\O)c2ccc(Br)c(C)c2)C1c1ccc(OC)c(OC)c1. The summed E-state index contributed by atoms with van der Waals surface area (Å²) in [5.41, 5.74) is 2.11. The van der Waals surface area contributed by atoms with Gasteiger partial charge in [0.25, 0.3) is 11.7 Å². The molecule has 2 aromatic rings. The third-order valence-electron chi connectivity index (χ3n) is 6.25. The smallest absolute Gasteiger partial charge is 0.295 e. The van der Waals surface area contributed by atoms with Gasteiger partial charge in [-0.25, -0.2) is 0 Å². The Balaban J connectivity index is 2.17. The van der Waals surface area contributed by atoms with Crippen LogP contribution >= 0.6 is 15.9 Å². The predicted molar refractivity (Wildman–Crippen MR) is 135 cm³/mol. The first-order valence-electron chi connectivity index (χ1n) is 11.3. The van der Waals surface area contributed by atoms with Gasteiger partial charge in [0.15, 0.2) is 11.5 Å². The first-order valence-corrected chi connectivity index (χ1v) is 12.1. The van der Waals surface area contributed by atoms with Crippen LogP contribution in [0.15, 0.2) is 46.4 Å². The third kappa shape index (κ3) is 4.98. The van der Waals surface area contributed by atoms with Crippen LogP contribution in [-0.4, -0.2) is 67.0 Å². The number of aryl methyl sites for hydroxylation is 1. The Kier molecular flexibility index (Phi) is 8.38. The molecule has 0 radical (unpaired) electrons. The number of hydrogen-bond donors (Lipinski definition) is 1. The van der Waals surface area contributed by atoms with Gasteiger partial charge < -0.3 is 24.4 Å². The average molecular weight is 531 g/mol. The monoisotopic (exact) mass is 530 g/mol. The summed E-state index contributed by atoms with van der Waals surface area (Å²) in [7, 11) is 3.08. The van der Waals surface area contributed by atoms with Gasteiger partial charge in [0, 0.05) is 23.1 Å². The van der Waals surface area contributed by atoms with Crippen LogP contribution in [0, 0.1) is 6.92 Å². The molecule has 0 aromatic heterocycles. The normalized spacial score (nSPS) is 17.5. The Labute approximate surface area is 209 Å². The lowest BCUT2D eigenvalue weighted by molar-refractivity contribution is -0.140. The Morgan fingerprint density at radius 3 is 2.32 bits per heavy atom. The minimum atomic E-state index is -0.751. The van der Waals surface area contributed by atoms with Crippen molar-refractivity contribution in [1.82, 2.24) is 9.80 Å². The molecular weight excluding hydrogens is 500 g/mol. The summed E-state index contributed by atoms with van der Waals surface area (Å²) < 4.78 is 11.7. The molecule has 2 aromatic carbocycles. The van der Waals surface area contributed by atoms with Crippen molar-refractivity contribution in [1.29, 1.82) is 0 Å². The van der Waals surface area contributed by atoms with E-state index in [1.54, 1.807) is 42.3 Å². The van der Waals surface area contributed by atoms with Crippen molar-refractivity contribution in [2.45, 2.75) is 26.8 Å². The molecule has 0 saturated carbocycles. The second-order valence-corrected chi connectivity index (χ2v) is 8.95. The Hall–Kier alpha value is -2.84. The highest BCUT2D eigenvalue weighted by atomic mass is 79.9. The molecule has 34 heavy (non-hydrogen) atoms. The topological polar surface area (TPSA) is 79.3 Å². The lowest BCUT2D eigenvalue weighted by Gasteiger charge is -2.28. The van der Waals surface area contributed by atoms with Gasteiger partial charge in [0.2, 0.25) is 0 Å². The summed E-state index contributed by atoms with van der Waals surface area (Å²) in [4.78, 5) is 30.1. The van der Waals surface area contributed by atoms with Crippen molar-refractivity contribution >= 4 is 33.4 Å². The van der Waals surface area contributed by atoms with E-state index in [9.17, 15) is 14.7 Å². The zero-order valence-electron chi connectivity index (χ0n) is 20.2. The number of benzene rings is 2. The van der Waals surface area contributed by atoms with Gasteiger partial charge in [-0.05, 0) is 55.4 Å². The molecule has 1 atom stereocenters. The fourth-order valence-electron chi connectivity index (χ4n) is 4.22. The number of carbonyl (C=O) groups is 2. The molecule has 0 aliphatic carbocycles. The third-order valence-corrected chi connectivity index (χ3v) is 7.14. The quantitative estimate of drug-likeness (QED) is 0.291. The van der Waals surface area contributed by atoms with Crippen molar-refractivity contribution in [3.8, 4) is 11.5 Å². The Morgan fingerprint density at radius 2 is 1.74 bits per heavy atom. The van der Waals surface area contributed by atoms with E-state index >= 15 is 0 Å². The molecule has 1 saturated heterocycles. The largest absolute Gasteiger partial charge is 0.507 e. The highest BCUT2D eigenvalue weighted by molar-refractivity contribution is 9.10. The lowest BCUT2D eigenvalue weighted by atomic mass is 9.94. The van der Waals surface area contributed by atoms with Crippen LogP contribution in [0.5, 0.6) is 11.5 Å². The van der Waals surface area contributed by atoms with Crippen LogP contribution in [0.4, 0.5) is 0 Å². The maximum atomic E-state index is 13.2. The molecule has 7 nitrogen and oxygen atoms in total. The Morgan fingerprint density at radius 1 is 1.06 bits per heavy atom. The molecule has 1 aliphatic heterocycles. The fraction of sp³-hybridized carbons (Fsp3) is 0.385. The van der Waals surface area contributed by atoms with Gasteiger partial charge in [-0.3, -0.25) is 9.59 Å². The molecule has 1 heterocycles. The summed E-state index contributed by atoms with van der Waals surface area (Å²) in [6, 6.07) is 9.85. The van der Waals surface area contributed by atoms with Gasteiger partial charge in [0.1, 0.15) is 5.76 Å². The number of Topliss-reactive ketones (excluding diaryl/α,β-unsaturated/α-hetero) is 1. The number of methoxy groups -OCH3 is 2. The number of likely N-dealkylation sites (tertiary alicyclic amines) is 1. The van der Waals surface area contributed by atoms with E-state index in [1.807, 2.05) is 13.0 Å². The van der Waals surface area contributed by atoms with E-state index in [-0.39, 0.29) is 11.3 Å². The van der Waals surface area contributed by atoms with Crippen molar-refractivity contribution < 1.29 is 24.2 Å². The van der Waals surface area contributed by atoms with Gasteiger partial charge >= 0.3 is 0 Å². The maximum absolute atomic E-state index is 13.2. The van der Waals surface area contributed by atoms with Crippen LogP contribution in [-0.2, 0) is 9.59 Å². The summed E-state index contributed by atoms with van der Waals surface area (Å²) in [5, 5.41) is 11.3. The van der Waals surface area contributed by atoms with E-state index < -0.39 is 17.7 Å². The number of likely N-dealkylation sites (N-methyl/N-ethyl adjacent to an activating group) is 1. The lowest BCUT2D eigenvalue weighted by Crippen LogP contribution is -2.38. The highest BCUT2D eigenvalue weighted by Gasteiger charge is 2.46. The highest BCUT2D eigenvalue weighted by Crippen LogP contribution is 2.42. The molecule has 0 bridgehead atoms. The van der Waals surface area contributed by atoms with Crippen LogP contribution in [0.1, 0.15) is 36.6 Å². The van der Waals surface area contributed by atoms with Gasteiger partial charge in [-0.2, -0.15) is 0 Å². The average Bonchev–Trinajstić information content (AvgIpc) is 3.10.